The van der Waals surface area contributed by atoms with Crippen LogP contribution in [0.2, 0.25) is 5.02 Å². The maximum absolute atomic E-state index is 13.0. The second-order valence-electron chi connectivity index (χ2n) is 10.3. The highest BCUT2D eigenvalue weighted by Gasteiger charge is 2.54. The van der Waals surface area contributed by atoms with E-state index in [4.69, 9.17) is 16.3 Å². The van der Waals surface area contributed by atoms with Crippen molar-refractivity contribution in [2.45, 2.75) is 58.2 Å². The van der Waals surface area contributed by atoms with Crippen LogP contribution in [0.4, 0.5) is 10.6 Å². The third kappa shape index (κ3) is 3.73. The van der Waals surface area contributed by atoms with Crippen molar-refractivity contribution in [3.63, 3.8) is 0 Å². The van der Waals surface area contributed by atoms with E-state index < -0.39 is 0 Å². The normalized spacial score (nSPS) is 20.7. The number of rotatable bonds is 3. The summed E-state index contributed by atoms with van der Waals surface area (Å²) >= 11 is 6.36. The lowest BCUT2D eigenvalue weighted by Crippen LogP contribution is -2.62. The highest BCUT2D eigenvalue weighted by Crippen LogP contribution is 2.56. The Hall–Kier alpha value is -3.20. The quantitative estimate of drug-likeness (QED) is 0.530. The van der Waals surface area contributed by atoms with Crippen LogP contribution in [-0.2, 0) is 11.3 Å². The van der Waals surface area contributed by atoms with Crippen LogP contribution in [-0.4, -0.2) is 54.9 Å². The SMILES string of the molecule is CC(C)OC(=O)N1Cc2cc(Cl)ccc2-n2c(C3CC4(C3)CN(c3ccncn3)C4)nnc2C1C. The first kappa shape index (κ1) is 22.3. The molecule has 1 saturated carbocycles. The lowest BCUT2D eigenvalue weighted by Gasteiger charge is -2.59. The number of benzene rings is 1. The molecule has 1 saturated heterocycles. The van der Waals surface area contributed by atoms with E-state index in [1.807, 2.05) is 45.0 Å². The highest BCUT2D eigenvalue weighted by atomic mass is 35.5. The van der Waals surface area contributed by atoms with E-state index in [1.54, 1.807) is 17.4 Å². The van der Waals surface area contributed by atoms with E-state index in [0.29, 0.717) is 22.9 Å². The van der Waals surface area contributed by atoms with Crippen LogP contribution in [0.15, 0.2) is 36.8 Å². The van der Waals surface area contributed by atoms with Crippen molar-refractivity contribution in [1.82, 2.24) is 29.6 Å². The molecule has 1 unspecified atom stereocenters. The first-order chi connectivity index (χ1) is 16.8. The molecule has 0 N–H and O–H groups in total. The molecule has 1 amide bonds. The van der Waals surface area contributed by atoms with E-state index in [9.17, 15) is 4.79 Å². The number of halogens is 1. The molecule has 9 nitrogen and oxygen atoms in total. The van der Waals surface area contributed by atoms with Crippen molar-refractivity contribution in [1.29, 1.82) is 0 Å². The summed E-state index contributed by atoms with van der Waals surface area (Å²) in [6, 6.07) is 7.48. The van der Waals surface area contributed by atoms with Gasteiger partial charge < -0.3 is 9.64 Å². The van der Waals surface area contributed by atoms with Crippen molar-refractivity contribution in [3.05, 3.63) is 59.0 Å². The van der Waals surface area contributed by atoms with Crippen LogP contribution in [0.5, 0.6) is 0 Å². The molecule has 2 aliphatic heterocycles. The van der Waals surface area contributed by atoms with Crippen LogP contribution in [0.3, 0.4) is 0 Å². The number of nitrogens with zero attached hydrogens (tertiary/aromatic N) is 7. The average molecular weight is 494 g/mol. The smallest absolute Gasteiger partial charge is 0.410 e. The molecule has 182 valence electrons. The Morgan fingerprint density at radius 1 is 1.17 bits per heavy atom. The first-order valence-electron chi connectivity index (χ1n) is 12.1. The molecule has 35 heavy (non-hydrogen) atoms. The molecule has 1 atom stereocenters. The van der Waals surface area contributed by atoms with E-state index in [2.05, 4.69) is 29.6 Å². The molecule has 1 aliphatic carbocycles. The number of fused-ring (bicyclic) bond motifs is 3. The van der Waals surface area contributed by atoms with Gasteiger partial charge in [0.25, 0.3) is 0 Å². The van der Waals surface area contributed by atoms with Crippen LogP contribution in [0.1, 0.15) is 62.8 Å². The number of ether oxygens (including phenoxy) is 1. The summed E-state index contributed by atoms with van der Waals surface area (Å²) in [5.41, 5.74) is 2.24. The number of hydrogen-bond acceptors (Lipinski definition) is 7. The van der Waals surface area contributed by atoms with Gasteiger partial charge in [0.2, 0.25) is 0 Å². The van der Waals surface area contributed by atoms with E-state index >= 15 is 0 Å². The van der Waals surface area contributed by atoms with Gasteiger partial charge in [-0.2, -0.15) is 0 Å². The predicted octanol–water partition coefficient (Wildman–Crippen LogP) is 4.52. The molecule has 0 bridgehead atoms. The number of aromatic nitrogens is 5. The molecule has 6 rings (SSSR count). The number of carbonyl (C=O) groups is 1. The lowest BCUT2D eigenvalue weighted by molar-refractivity contribution is 0.0578. The zero-order valence-electron chi connectivity index (χ0n) is 20.1. The Labute approximate surface area is 209 Å². The Morgan fingerprint density at radius 2 is 1.94 bits per heavy atom. The summed E-state index contributed by atoms with van der Waals surface area (Å²) in [4.78, 5) is 25.4. The fourth-order valence-electron chi connectivity index (χ4n) is 5.76. The van der Waals surface area contributed by atoms with Crippen LogP contribution in [0.25, 0.3) is 5.69 Å². The molecule has 1 aromatic carbocycles. The minimum atomic E-state index is -0.363. The largest absolute Gasteiger partial charge is 0.447 e. The third-order valence-electron chi connectivity index (χ3n) is 7.42. The molecule has 3 aromatic rings. The Morgan fingerprint density at radius 3 is 2.66 bits per heavy atom. The second kappa shape index (κ2) is 8.19. The van der Waals surface area contributed by atoms with E-state index in [1.165, 1.54) is 0 Å². The molecular formula is C25H28ClN7O2. The van der Waals surface area contributed by atoms with E-state index in [-0.39, 0.29) is 18.2 Å². The van der Waals surface area contributed by atoms with Gasteiger partial charge in [-0.25, -0.2) is 14.8 Å². The second-order valence-corrected chi connectivity index (χ2v) is 10.7. The van der Waals surface area contributed by atoms with Gasteiger partial charge in [0.05, 0.1) is 24.4 Å². The maximum Gasteiger partial charge on any atom is 0.410 e. The molecule has 3 aliphatic rings. The topological polar surface area (TPSA) is 89.3 Å². The van der Waals surface area contributed by atoms with Gasteiger partial charge in [0, 0.05) is 35.6 Å². The summed E-state index contributed by atoms with van der Waals surface area (Å²) in [5.74, 6) is 3.01. The van der Waals surface area contributed by atoms with Gasteiger partial charge in [0.1, 0.15) is 18.0 Å². The fraction of sp³-hybridized carbons (Fsp3) is 0.480. The molecule has 0 radical (unpaired) electrons. The van der Waals surface area contributed by atoms with Crippen molar-refractivity contribution in [3.8, 4) is 5.69 Å². The van der Waals surface area contributed by atoms with Gasteiger partial charge >= 0.3 is 6.09 Å². The van der Waals surface area contributed by atoms with Gasteiger partial charge in [-0.15, -0.1) is 10.2 Å². The van der Waals surface area contributed by atoms with Gasteiger partial charge in [-0.1, -0.05) is 11.6 Å². The first-order valence-corrected chi connectivity index (χ1v) is 12.4. The average Bonchev–Trinajstić information content (AvgIpc) is 3.15. The fourth-order valence-corrected chi connectivity index (χ4v) is 5.96. The van der Waals surface area contributed by atoms with Gasteiger partial charge in [-0.3, -0.25) is 9.47 Å². The zero-order valence-corrected chi connectivity index (χ0v) is 20.8. The van der Waals surface area contributed by atoms with Gasteiger partial charge in [0.15, 0.2) is 5.82 Å². The summed E-state index contributed by atoms with van der Waals surface area (Å²) < 4.78 is 7.69. The molecule has 2 aromatic heterocycles. The Balaban J connectivity index is 1.28. The summed E-state index contributed by atoms with van der Waals surface area (Å²) in [7, 11) is 0. The predicted molar refractivity (Wildman–Crippen MR) is 131 cm³/mol. The highest BCUT2D eigenvalue weighted by molar-refractivity contribution is 6.30. The lowest BCUT2D eigenvalue weighted by atomic mass is 9.57. The van der Waals surface area contributed by atoms with Crippen molar-refractivity contribution in [2.24, 2.45) is 5.41 Å². The Bertz CT molecular complexity index is 1260. The van der Waals surface area contributed by atoms with Crippen molar-refractivity contribution >= 4 is 23.5 Å². The van der Waals surface area contributed by atoms with Gasteiger partial charge in [-0.05, 0) is 63.4 Å². The molecule has 1 spiro atoms. The number of hydrogen-bond donors (Lipinski definition) is 0. The standard InChI is InChI=1S/C25H28ClN7O2/c1-15(2)35-24(34)32-11-17-8-19(26)4-5-20(17)33-22(16(32)3)29-30-23(33)18-9-25(10-18)12-31(13-25)21-6-7-27-14-28-21/h4-8,14-16,18H,9-13H2,1-3H3. The van der Waals surface area contributed by atoms with Crippen LogP contribution < -0.4 is 4.90 Å². The molecule has 4 heterocycles. The van der Waals surface area contributed by atoms with Crippen LogP contribution >= 0.6 is 11.6 Å². The monoisotopic (exact) mass is 493 g/mol. The third-order valence-corrected chi connectivity index (χ3v) is 7.65. The maximum atomic E-state index is 13.0. The summed E-state index contributed by atoms with van der Waals surface area (Å²) in [6.45, 7) is 8.08. The summed E-state index contributed by atoms with van der Waals surface area (Å²) in [5, 5.41) is 9.88. The number of carbonyl (C=O) groups excluding carboxylic acids is 1. The van der Waals surface area contributed by atoms with Crippen LogP contribution in [0, 0.1) is 5.41 Å². The summed E-state index contributed by atoms with van der Waals surface area (Å²) in [6.07, 6.45) is 4.93. The molecular weight excluding hydrogens is 466 g/mol. The number of amides is 1. The molecule has 2 fully saturated rings. The minimum absolute atomic E-state index is 0.208. The van der Waals surface area contributed by atoms with Crippen molar-refractivity contribution in [2.75, 3.05) is 18.0 Å². The zero-order chi connectivity index (χ0) is 24.3. The van der Waals surface area contributed by atoms with E-state index in [0.717, 1.165) is 54.6 Å². The minimum Gasteiger partial charge on any atom is -0.447 e. The number of anilines is 1. The molecule has 10 heteroatoms. The van der Waals surface area contributed by atoms with Crippen molar-refractivity contribution < 1.29 is 9.53 Å². The Kier molecular flexibility index (Phi) is 5.21.